The molecule has 0 aliphatic rings. The summed E-state index contributed by atoms with van der Waals surface area (Å²) >= 11 is 13.3. The van der Waals surface area contributed by atoms with E-state index in [1.807, 2.05) is 30.3 Å². The molecule has 1 aromatic heterocycles. The zero-order valence-corrected chi connectivity index (χ0v) is 19.0. The maximum absolute atomic E-state index is 13.3. The fraction of sp³-hybridized carbons (Fsp3) is 0.0833. The van der Waals surface area contributed by atoms with Crippen LogP contribution in [-0.2, 0) is 13.2 Å². The number of hydrogen-bond donors (Lipinski definition) is 1. The lowest BCUT2D eigenvalue weighted by molar-refractivity contribution is 0.0946. The molecule has 0 bridgehead atoms. The Morgan fingerprint density at radius 1 is 1.00 bits per heavy atom. The van der Waals surface area contributed by atoms with Gasteiger partial charge in [0.15, 0.2) is 0 Å². The third-order valence-electron chi connectivity index (χ3n) is 4.57. The van der Waals surface area contributed by atoms with E-state index in [1.165, 1.54) is 23.5 Å². The van der Waals surface area contributed by atoms with Crippen LogP contribution in [0.5, 0.6) is 5.75 Å². The molecule has 162 valence electrons. The first-order chi connectivity index (χ1) is 15.5. The average Bonchev–Trinajstić information content (AvgIpc) is 3.29. The average molecular weight is 487 g/mol. The normalized spacial score (nSPS) is 10.7. The number of amides is 1. The molecule has 0 saturated carbocycles. The number of carbonyl (C=O) groups excluding carboxylic acids is 1. The Labute approximate surface area is 198 Å². The number of nitrogens with one attached hydrogen (secondary N) is 1. The summed E-state index contributed by atoms with van der Waals surface area (Å²) in [6.45, 7) is 0.595. The summed E-state index contributed by atoms with van der Waals surface area (Å²) < 4.78 is 19.1. The summed E-state index contributed by atoms with van der Waals surface area (Å²) in [5.74, 6) is 0.0554. The van der Waals surface area contributed by atoms with Gasteiger partial charge >= 0.3 is 0 Å². The molecule has 1 amide bonds. The SMILES string of the molecule is O=C(NCc1cccc(F)c1)c1csc(-c2ccc(OCc3ccc(Cl)c(Cl)c3)cc2)n1. The fourth-order valence-corrected chi connectivity index (χ4v) is 4.05. The Kier molecular flexibility index (Phi) is 7.05. The van der Waals surface area contributed by atoms with E-state index in [1.54, 1.807) is 29.6 Å². The summed E-state index contributed by atoms with van der Waals surface area (Å²) in [5.41, 5.74) is 2.80. The Morgan fingerprint density at radius 3 is 2.56 bits per heavy atom. The molecule has 3 aromatic carbocycles. The van der Waals surface area contributed by atoms with E-state index in [0.717, 1.165) is 16.1 Å². The van der Waals surface area contributed by atoms with Crippen molar-refractivity contribution in [2.45, 2.75) is 13.2 Å². The number of nitrogens with zero attached hydrogens (tertiary/aromatic N) is 1. The fourth-order valence-electron chi connectivity index (χ4n) is 2.92. The molecule has 32 heavy (non-hydrogen) atoms. The number of carbonyl (C=O) groups is 1. The highest BCUT2D eigenvalue weighted by molar-refractivity contribution is 7.13. The van der Waals surface area contributed by atoms with Crippen LogP contribution in [0.1, 0.15) is 21.6 Å². The van der Waals surface area contributed by atoms with E-state index in [0.29, 0.717) is 33.7 Å². The van der Waals surface area contributed by atoms with Gasteiger partial charge in [0, 0.05) is 17.5 Å². The van der Waals surface area contributed by atoms with Crippen molar-refractivity contribution < 1.29 is 13.9 Å². The standard InChI is InChI=1S/C24H17Cl2FN2O2S/c25-20-9-4-16(11-21(20)26)13-31-19-7-5-17(6-8-19)24-29-22(14-32-24)23(30)28-12-15-2-1-3-18(27)10-15/h1-11,14H,12-13H2,(H,28,30). The predicted molar refractivity (Wildman–Crippen MR) is 126 cm³/mol. The summed E-state index contributed by atoms with van der Waals surface area (Å²) in [7, 11) is 0. The largest absolute Gasteiger partial charge is 0.489 e. The van der Waals surface area contributed by atoms with Gasteiger partial charge in [-0.05, 0) is 59.7 Å². The lowest BCUT2D eigenvalue weighted by Crippen LogP contribution is -2.23. The van der Waals surface area contributed by atoms with Crippen molar-refractivity contribution in [3.8, 4) is 16.3 Å². The van der Waals surface area contributed by atoms with Gasteiger partial charge in [-0.25, -0.2) is 9.37 Å². The van der Waals surface area contributed by atoms with Gasteiger partial charge in [0.05, 0.1) is 10.0 Å². The van der Waals surface area contributed by atoms with Crippen LogP contribution in [0, 0.1) is 5.82 Å². The lowest BCUT2D eigenvalue weighted by atomic mass is 10.2. The molecule has 4 nitrogen and oxygen atoms in total. The zero-order valence-electron chi connectivity index (χ0n) is 16.6. The quantitative estimate of drug-likeness (QED) is 0.313. The molecule has 8 heteroatoms. The van der Waals surface area contributed by atoms with E-state index in [4.69, 9.17) is 27.9 Å². The number of rotatable bonds is 7. The van der Waals surface area contributed by atoms with E-state index in [-0.39, 0.29) is 18.3 Å². The number of halogens is 3. The number of ether oxygens (including phenoxy) is 1. The van der Waals surface area contributed by atoms with Crippen molar-refractivity contribution in [3.63, 3.8) is 0 Å². The Morgan fingerprint density at radius 2 is 1.81 bits per heavy atom. The van der Waals surface area contributed by atoms with Gasteiger partial charge in [0.25, 0.3) is 5.91 Å². The first-order valence-corrected chi connectivity index (χ1v) is 11.3. The second-order valence-electron chi connectivity index (χ2n) is 6.91. The van der Waals surface area contributed by atoms with Crippen molar-refractivity contribution in [1.82, 2.24) is 10.3 Å². The first kappa shape index (κ1) is 22.3. The monoisotopic (exact) mass is 486 g/mol. The van der Waals surface area contributed by atoms with Crippen molar-refractivity contribution in [2.24, 2.45) is 0 Å². The number of aromatic nitrogens is 1. The smallest absolute Gasteiger partial charge is 0.271 e. The molecule has 4 aromatic rings. The first-order valence-electron chi connectivity index (χ1n) is 9.63. The third kappa shape index (κ3) is 5.65. The molecule has 0 unspecified atom stereocenters. The van der Waals surface area contributed by atoms with Crippen LogP contribution in [0.25, 0.3) is 10.6 Å². The van der Waals surface area contributed by atoms with Crippen LogP contribution in [0.4, 0.5) is 4.39 Å². The minimum absolute atomic E-state index is 0.230. The van der Waals surface area contributed by atoms with Gasteiger partial charge in [-0.15, -0.1) is 11.3 Å². The van der Waals surface area contributed by atoms with Gasteiger partial charge in [0.2, 0.25) is 0 Å². The second kappa shape index (κ2) is 10.1. The highest BCUT2D eigenvalue weighted by Crippen LogP contribution is 2.27. The van der Waals surface area contributed by atoms with Gasteiger partial charge in [0.1, 0.15) is 28.9 Å². The van der Waals surface area contributed by atoms with Gasteiger partial charge in [-0.2, -0.15) is 0 Å². The summed E-state index contributed by atoms with van der Waals surface area (Å²) in [6.07, 6.45) is 0. The third-order valence-corrected chi connectivity index (χ3v) is 6.20. The van der Waals surface area contributed by atoms with Crippen LogP contribution in [0.3, 0.4) is 0 Å². The van der Waals surface area contributed by atoms with E-state index in [9.17, 15) is 9.18 Å². The van der Waals surface area contributed by atoms with Gasteiger partial charge in [-0.1, -0.05) is 41.4 Å². The Balaban J connectivity index is 1.35. The van der Waals surface area contributed by atoms with E-state index < -0.39 is 0 Å². The minimum atomic E-state index is -0.336. The van der Waals surface area contributed by atoms with Crippen LogP contribution in [-0.4, -0.2) is 10.9 Å². The van der Waals surface area contributed by atoms with Gasteiger partial charge in [-0.3, -0.25) is 4.79 Å². The van der Waals surface area contributed by atoms with E-state index in [2.05, 4.69) is 10.3 Å². The van der Waals surface area contributed by atoms with Crippen LogP contribution < -0.4 is 10.1 Å². The van der Waals surface area contributed by atoms with E-state index >= 15 is 0 Å². The van der Waals surface area contributed by atoms with Crippen molar-refractivity contribution in [1.29, 1.82) is 0 Å². The number of thiazole rings is 1. The predicted octanol–water partition coefficient (Wildman–Crippen LogP) is 6.77. The van der Waals surface area contributed by atoms with Crippen LogP contribution in [0.15, 0.2) is 72.1 Å². The summed E-state index contributed by atoms with van der Waals surface area (Å²) in [4.78, 5) is 16.8. The molecule has 0 aliphatic carbocycles. The molecule has 1 heterocycles. The minimum Gasteiger partial charge on any atom is -0.489 e. The van der Waals surface area contributed by atoms with Crippen molar-refractivity contribution in [3.05, 3.63) is 105 Å². The van der Waals surface area contributed by atoms with Gasteiger partial charge < -0.3 is 10.1 Å². The molecule has 0 aliphatic heterocycles. The lowest BCUT2D eigenvalue weighted by Gasteiger charge is -2.07. The molecule has 4 rings (SSSR count). The number of benzene rings is 3. The zero-order chi connectivity index (χ0) is 22.5. The maximum Gasteiger partial charge on any atom is 0.271 e. The summed E-state index contributed by atoms with van der Waals surface area (Å²) in [6, 6.07) is 18.9. The van der Waals surface area contributed by atoms with Crippen molar-refractivity contribution in [2.75, 3.05) is 0 Å². The highest BCUT2D eigenvalue weighted by Gasteiger charge is 2.12. The van der Waals surface area contributed by atoms with Crippen LogP contribution in [0.2, 0.25) is 10.0 Å². The van der Waals surface area contributed by atoms with Crippen LogP contribution >= 0.6 is 34.5 Å². The molecule has 0 radical (unpaired) electrons. The molecule has 0 atom stereocenters. The molecule has 0 fully saturated rings. The molecule has 1 N–H and O–H groups in total. The second-order valence-corrected chi connectivity index (χ2v) is 8.58. The molecular formula is C24H17Cl2FN2O2S. The number of hydrogen-bond acceptors (Lipinski definition) is 4. The Bertz CT molecular complexity index is 1240. The Hall–Kier alpha value is -2.93. The molecule has 0 saturated heterocycles. The molecule has 0 spiro atoms. The highest BCUT2D eigenvalue weighted by atomic mass is 35.5. The molecular weight excluding hydrogens is 470 g/mol. The topological polar surface area (TPSA) is 51.2 Å². The maximum atomic E-state index is 13.3. The van der Waals surface area contributed by atoms with Crippen molar-refractivity contribution >= 4 is 40.4 Å². The summed E-state index contributed by atoms with van der Waals surface area (Å²) in [5, 5.41) is 6.17.